The lowest BCUT2D eigenvalue weighted by Gasteiger charge is -2.27. The zero-order chi connectivity index (χ0) is 18.7. The molecule has 0 aliphatic carbocycles. The van der Waals surface area contributed by atoms with Gasteiger partial charge in [0.2, 0.25) is 0 Å². The Hall–Kier alpha value is -2.25. The van der Waals surface area contributed by atoms with Gasteiger partial charge in [-0.15, -0.1) is 0 Å². The van der Waals surface area contributed by atoms with Gasteiger partial charge >= 0.3 is 5.97 Å². The van der Waals surface area contributed by atoms with E-state index in [4.69, 9.17) is 35.3 Å². The number of hydrogen-bond acceptors (Lipinski definition) is 7. The molecule has 2 heterocycles. The van der Waals surface area contributed by atoms with E-state index in [0.29, 0.717) is 48.0 Å². The molecule has 0 fully saturated rings. The monoisotopic (exact) mass is 381 g/mol. The third-order valence-corrected chi connectivity index (χ3v) is 4.25. The van der Waals surface area contributed by atoms with Crippen LogP contribution in [0.15, 0.2) is 12.3 Å². The molecule has 0 saturated carbocycles. The molecule has 1 aliphatic rings. The molecule has 1 aliphatic heterocycles. The smallest absolute Gasteiger partial charge is 0.343 e. The van der Waals surface area contributed by atoms with Gasteiger partial charge in [-0.1, -0.05) is 11.6 Å². The largest absolute Gasteiger partial charge is 0.495 e. The zero-order valence-electron chi connectivity index (χ0n) is 14.8. The molecule has 0 spiro atoms. The minimum atomic E-state index is -0.526. The second-order valence-electron chi connectivity index (χ2n) is 5.55. The number of esters is 1. The maximum Gasteiger partial charge on any atom is 0.343 e. The van der Waals surface area contributed by atoms with Crippen molar-refractivity contribution in [3.05, 3.63) is 22.8 Å². The van der Waals surface area contributed by atoms with Crippen molar-refractivity contribution in [1.82, 2.24) is 4.98 Å². The predicted octanol–water partition coefficient (Wildman–Crippen LogP) is 3.25. The van der Waals surface area contributed by atoms with Crippen LogP contribution in [-0.4, -0.2) is 50.6 Å². The first-order valence-corrected chi connectivity index (χ1v) is 8.71. The lowest BCUT2D eigenvalue weighted by Crippen LogP contribution is -2.33. The van der Waals surface area contributed by atoms with E-state index in [1.807, 2.05) is 6.92 Å². The summed E-state index contributed by atoms with van der Waals surface area (Å²) in [5.41, 5.74) is 0.731. The van der Waals surface area contributed by atoms with Gasteiger partial charge in [-0.2, -0.15) is 0 Å². The fourth-order valence-electron chi connectivity index (χ4n) is 2.75. The SMILES string of the molecule is CCOCC1COc2c(cc3ncc(C(=O)OCC)c(OC)c3c2Cl)O1. The molecule has 1 atom stereocenters. The van der Waals surface area contributed by atoms with Crippen LogP contribution in [0.5, 0.6) is 17.2 Å². The van der Waals surface area contributed by atoms with Crippen molar-refractivity contribution in [2.75, 3.05) is 33.5 Å². The summed E-state index contributed by atoms with van der Waals surface area (Å²) < 4.78 is 27.6. The van der Waals surface area contributed by atoms with Crippen LogP contribution in [0.25, 0.3) is 10.9 Å². The number of ether oxygens (including phenoxy) is 5. The number of benzene rings is 1. The Labute approximate surface area is 156 Å². The van der Waals surface area contributed by atoms with Crippen LogP contribution >= 0.6 is 11.6 Å². The molecular formula is C18H20ClNO6. The maximum atomic E-state index is 12.2. The summed E-state index contributed by atoms with van der Waals surface area (Å²) in [5, 5.41) is 0.758. The van der Waals surface area contributed by atoms with Crippen LogP contribution in [-0.2, 0) is 9.47 Å². The molecule has 1 aromatic heterocycles. The highest BCUT2D eigenvalue weighted by Gasteiger charge is 2.28. The predicted molar refractivity (Wildman–Crippen MR) is 95.7 cm³/mol. The lowest BCUT2D eigenvalue weighted by atomic mass is 10.1. The Balaban J connectivity index is 2.07. The first kappa shape index (κ1) is 18.5. The zero-order valence-corrected chi connectivity index (χ0v) is 15.6. The van der Waals surface area contributed by atoms with Crippen molar-refractivity contribution in [2.24, 2.45) is 0 Å². The van der Waals surface area contributed by atoms with Gasteiger partial charge in [-0.25, -0.2) is 4.79 Å². The number of carbonyl (C=O) groups is 1. The summed E-state index contributed by atoms with van der Waals surface area (Å²) in [5.74, 6) is 0.646. The quantitative estimate of drug-likeness (QED) is 0.711. The molecule has 2 aromatic rings. The summed E-state index contributed by atoms with van der Waals surface area (Å²) in [4.78, 5) is 16.5. The topological polar surface area (TPSA) is 76.1 Å². The minimum absolute atomic E-state index is 0.203. The second-order valence-corrected chi connectivity index (χ2v) is 5.93. The number of halogens is 1. The van der Waals surface area contributed by atoms with E-state index in [1.54, 1.807) is 13.0 Å². The molecule has 8 heteroatoms. The van der Waals surface area contributed by atoms with Crippen LogP contribution in [0.1, 0.15) is 24.2 Å². The van der Waals surface area contributed by atoms with Crippen molar-refractivity contribution in [1.29, 1.82) is 0 Å². The highest BCUT2D eigenvalue weighted by molar-refractivity contribution is 6.38. The van der Waals surface area contributed by atoms with Gasteiger partial charge in [0.15, 0.2) is 17.6 Å². The van der Waals surface area contributed by atoms with Crippen molar-refractivity contribution in [3.63, 3.8) is 0 Å². The van der Waals surface area contributed by atoms with Gasteiger partial charge in [0.25, 0.3) is 0 Å². The number of aromatic nitrogens is 1. The first-order chi connectivity index (χ1) is 12.6. The molecule has 140 valence electrons. The van der Waals surface area contributed by atoms with E-state index < -0.39 is 5.97 Å². The van der Waals surface area contributed by atoms with Crippen LogP contribution in [0.4, 0.5) is 0 Å². The van der Waals surface area contributed by atoms with Crippen LogP contribution in [0.3, 0.4) is 0 Å². The number of carbonyl (C=O) groups excluding carboxylic acids is 1. The van der Waals surface area contributed by atoms with Gasteiger partial charge in [0.1, 0.15) is 17.9 Å². The Morgan fingerprint density at radius 3 is 2.88 bits per heavy atom. The van der Waals surface area contributed by atoms with Crippen molar-refractivity contribution >= 4 is 28.5 Å². The van der Waals surface area contributed by atoms with E-state index in [1.165, 1.54) is 13.3 Å². The number of nitrogens with zero attached hydrogens (tertiary/aromatic N) is 1. The average Bonchev–Trinajstić information content (AvgIpc) is 2.65. The normalized spacial score (nSPS) is 15.8. The summed E-state index contributed by atoms with van der Waals surface area (Å²) in [6, 6.07) is 1.71. The minimum Gasteiger partial charge on any atom is -0.495 e. The van der Waals surface area contributed by atoms with Crippen LogP contribution in [0.2, 0.25) is 5.02 Å². The third-order valence-electron chi connectivity index (χ3n) is 3.89. The summed E-state index contributed by atoms with van der Waals surface area (Å²) in [7, 11) is 1.46. The van der Waals surface area contributed by atoms with E-state index >= 15 is 0 Å². The maximum absolute atomic E-state index is 12.2. The van der Waals surface area contributed by atoms with Gasteiger partial charge < -0.3 is 23.7 Å². The number of rotatable bonds is 6. The Morgan fingerprint density at radius 1 is 1.38 bits per heavy atom. The van der Waals surface area contributed by atoms with E-state index in [2.05, 4.69) is 4.98 Å². The summed E-state index contributed by atoms with van der Waals surface area (Å²) in [6.07, 6.45) is 1.18. The Bertz CT molecular complexity index is 825. The van der Waals surface area contributed by atoms with Crippen molar-refractivity contribution in [3.8, 4) is 17.2 Å². The number of pyridine rings is 1. The molecule has 1 unspecified atom stereocenters. The standard InChI is InChI=1S/C18H20ClNO6/c1-4-23-8-10-9-25-17-13(26-10)6-12-14(15(17)19)16(22-3)11(7-20-12)18(21)24-5-2/h6-7,10H,4-5,8-9H2,1-3H3. The summed E-state index contributed by atoms with van der Waals surface area (Å²) in [6.45, 7) is 5.22. The van der Waals surface area contributed by atoms with E-state index in [-0.39, 0.29) is 23.3 Å². The molecule has 7 nitrogen and oxygen atoms in total. The third kappa shape index (κ3) is 3.37. The molecule has 0 bridgehead atoms. The Morgan fingerprint density at radius 2 is 2.19 bits per heavy atom. The molecule has 1 aromatic carbocycles. The molecule has 0 saturated heterocycles. The summed E-state index contributed by atoms with van der Waals surface area (Å²) >= 11 is 6.54. The highest BCUT2D eigenvalue weighted by Crippen LogP contribution is 2.46. The van der Waals surface area contributed by atoms with Crippen LogP contribution in [0, 0.1) is 0 Å². The molecule has 0 radical (unpaired) electrons. The van der Waals surface area contributed by atoms with Gasteiger partial charge in [-0.3, -0.25) is 4.98 Å². The average molecular weight is 382 g/mol. The molecule has 3 rings (SSSR count). The first-order valence-electron chi connectivity index (χ1n) is 8.34. The molecule has 26 heavy (non-hydrogen) atoms. The lowest BCUT2D eigenvalue weighted by molar-refractivity contribution is 0.0130. The van der Waals surface area contributed by atoms with Crippen molar-refractivity contribution < 1.29 is 28.5 Å². The highest BCUT2D eigenvalue weighted by atomic mass is 35.5. The number of hydrogen-bond donors (Lipinski definition) is 0. The van der Waals surface area contributed by atoms with E-state index in [0.717, 1.165) is 0 Å². The Kier molecular flexibility index (Phi) is 5.68. The van der Waals surface area contributed by atoms with Crippen LogP contribution < -0.4 is 14.2 Å². The van der Waals surface area contributed by atoms with Gasteiger partial charge in [0.05, 0.1) is 36.2 Å². The van der Waals surface area contributed by atoms with Gasteiger partial charge in [-0.05, 0) is 13.8 Å². The fraction of sp³-hybridized carbons (Fsp3) is 0.444. The molecular weight excluding hydrogens is 362 g/mol. The number of fused-ring (bicyclic) bond motifs is 2. The van der Waals surface area contributed by atoms with Gasteiger partial charge in [0, 0.05) is 18.9 Å². The molecule has 0 N–H and O–H groups in total. The van der Waals surface area contributed by atoms with Crippen molar-refractivity contribution in [2.45, 2.75) is 20.0 Å². The fourth-order valence-corrected chi connectivity index (χ4v) is 3.08. The molecule has 0 amide bonds. The van der Waals surface area contributed by atoms with E-state index in [9.17, 15) is 4.79 Å². The number of methoxy groups -OCH3 is 1. The second kappa shape index (κ2) is 7.97.